The summed E-state index contributed by atoms with van der Waals surface area (Å²) in [7, 11) is 1.87. The van der Waals surface area contributed by atoms with Crippen molar-refractivity contribution in [2.45, 2.75) is 25.9 Å². The molecular weight excluding hydrogens is 599 g/mol. The molecule has 0 aliphatic carbocycles. The van der Waals surface area contributed by atoms with E-state index in [1.54, 1.807) is 11.9 Å². The number of carbonyl (C=O) groups is 1. The average molecular weight is 632 g/mol. The Labute approximate surface area is 258 Å². The predicted octanol–water partition coefficient (Wildman–Crippen LogP) is 6.40. The quantitative estimate of drug-likeness (QED) is 0.102. The van der Waals surface area contributed by atoms with Crippen LogP contribution in [-0.2, 0) is 6.18 Å². The summed E-state index contributed by atoms with van der Waals surface area (Å²) in [5, 5.41) is 14.6. The van der Waals surface area contributed by atoms with Crippen molar-refractivity contribution in [3.63, 3.8) is 0 Å². The number of aldehydes is 1. The van der Waals surface area contributed by atoms with Crippen LogP contribution in [0, 0.1) is 30.1 Å². The van der Waals surface area contributed by atoms with Gasteiger partial charge in [-0.15, -0.1) is 0 Å². The molecule has 0 amide bonds. The number of carbonyl (C=O) groups excluding carboxylic acids is 1. The van der Waals surface area contributed by atoms with E-state index in [0.717, 1.165) is 61.4 Å². The number of alkyl halides is 3. The SMILES string of the molecule is CNc1ccc(C)c(C#CC(=N)c2c(N)ncnc2NCC2CCN(SC)CC2)c1.O=Cc1ccc(Cl)c(C(F)(F)F)c1. The lowest BCUT2D eigenvalue weighted by Gasteiger charge is -2.30. The molecule has 2 aromatic carbocycles. The summed E-state index contributed by atoms with van der Waals surface area (Å²) >= 11 is 7.11. The molecule has 0 radical (unpaired) electrons. The summed E-state index contributed by atoms with van der Waals surface area (Å²) in [6.45, 7) is 5.00. The Morgan fingerprint density at radius 2 is 1.95 bits per heavy atom. The number of benzene rings is 2. The standard InChI is InChI=1S/C22H29N7S.C8H4ClF3O/c1-15-4-6-18(25-2)12-17(15)5-7-19(23)20-21(24)27-14-28-22(20)26-13-16-8-10-29(30-3)11-9-16;9-7-2-1-5(4-13)3-6(7)8(10,11)12/h4,6,12,14,16,23,25H,8-11,13H2,1-3H3,(H3,24,26,27,28);1-4H. The average Bonchev–Trinajstić information content (AvgIpc) is 2.99. The van der Waals surface area contributed by atoms with Crippen LogP contribution in [0.3, 0.4) is 0 Å². The van der Waals surface area contributed by atoms with Crippen LogP contribution in [0.2, 0.25) is 5.02 Å². The van der Waals surface area contributed by atoms with Crippen molar-refractivity contribution in [1.82, 2.24) is 14.3 Å². The molecule has 1 fully saturated rings. The van der Waals surface area contributed by atoms with Crippen LogP contribution < -0.4 is 16.4 Å². The molecule has 1 saturated heterocycles. The van der Waals surface area contributed by atoms with Gasteiger partial charge >= 0.3 is 6.18 Å². The number of piperidine rings is 1. The van der Waals surface area contributed by atoms with Gasteiger partial charge in [-0.05, 0) is 67.7 Å². The molecule has 0 atom stereocenters. The van der Waals surface area contributed by atoms with Gasteiger partial charge in [0.2, 0.25) is 0 Å². The normalized spacial score (nSPS) is 13.7. The molecule has 1 aliphatic heterocycles. The first-order chi connectivity index (χ1) is 20.5. The zero-order valence-corrected chi connectivity index (χ0v) is 25.6. The lowest BCUT2D eigenvalue weighted by Crippen LogP contribution is -2.31. The molecule has 5 N–H and O–H groups in total. The zero-order chi connectivity index (χ0) is 31.6. The molecule has 0 bridgehead atoms. The third-order valence-corrected chi connectivity index (χ3v) is 8.01. The molecule has 1 aromatic heterocycles. The van der Waals surface area contributed by atoms with Gasteiger partial charge in [0.15, 0.2) is 0 Å². The van der Waals surface area contributed by atoms with Gasteiger partial charge in [-0.1, -0.05) is 41.6 Å². The zero-order valence-electron chi connectivity index (χ0n) is 24.0. The first-order valence-electron chi connectivity index (χ1n) is 13.3. The van der Waals surface area contributed by atoms with Crippen molar-refractivity contribution in [3.8, 4) is 11.8 Å². The van der Waals surface area contributed by atoms with Gasteiger partial charge in [-0.25, -0.2) is 9.97 Å². The van der Waals surface area contributed by atoms with Crippen molar-refractivity contribution in [1.29, 1.82) is 5.41 Å². The van der Waals surface area contributed by atoms with E-state index in [4.69, 9.17) is 22.7 Å². The van der Waals surface area contributed by atoms with E-state index in [1.165, 1.54) is 12.4 Å². The highest BCUT2D eigenvalue weighted by molar-refractivity contribution is 7.96. The van der Waals surface area contributed by atoms with Crippen LogP contribution >= 0.6 is 23.5 Å². The van der Waals surface area contributed by atoms with E-state index < -0.39 is 16.8 Å². The molecule has 0 unspecified atom stereocenters. The number of hydrogen-bond donors (Lipinski definition) is 4. The van der Waals surface area contributed by atoms with Gasteiger partial charge < -0.3 is 16.4 Å². The van der Waals surface area contributed by atoms with E-state index in [9.17, 15) is 18.0 Å². The third-order valence-electron chi connectivity index (χ3n) is 6.80. The van der Waals surface area contributed by atoms with Crippen LogP contribution in [0.25, 0.3) is 0 Å². The number of anilines is 3. The molecule has 43 heavy (non-hydrogen) atoms. The number of hydrogen-bond acceptors (Lipinski definition) is 9. The topological polar surface area (TPSA) is 120 Å². The molecular formula is C30H33ClF3N7OS. The second-order valence-corrected chi connectivity index (χ2v) is 11.0. The molecule has 228 valence electrons. The Morgan fingerprint density at radius 1 is 1.23 bits per heavy atom. The summed E-state index contributed by atoms with van der Waals surface area (Å²) in [6.07, 6.45) is 1.65. The Morgan fingerprint density at radius 3 is 2.58 bits per heavy atom. The number of nitrogens with two attached hydrogens (primary N) is 1. The van der Waals surface area contributed by atoms with Crippen LogP contribution in [-0.4, -0.2) is 59.2 Å². The van der Waals surface area contributed by atoms with E-state index >= 15 is 0 Å². The summed E-state index contributed by atoms with van der Waals surface area (Å²) in [6, 6.07) is 8.98. The molecule has 8 nitrogen and oxygen atoms in total. The highest BCUT2D eigenvalue weighted by atomic mass is 35.5. The van der Waals surface area contributed by atoms with Gasteiger partial charge in [0.1, 0.15) is 30.0 Å². The number of rotatable bonds is 7. The van der Waals surface area contributed by atoms with Crippen LogP contribution in [0.1, 0.15) is 45.5 Å². The maximum absolute atomic E-state index is 12.2. The Kier molecular flexibility index (Phi) is 12.2. The smallest absolute Gasteiger partial charge is 0.388 e. The van der Waals surface area contributed by atoms with E-state index in [-0.39, 0.29) is 17.1 Å². The fourth-order valence-electron chi connectivity index (χ4n) is 4.25. The van der Waals surface area contributed by atoms with Crippen LogP contribution in [0.5, 0.6) is 0 Å². The van der Waals surface area contributed by atoms with Crippen molar-refractivity contribution in [3.05, 3.63) is 75.6 Å². The Bertz CT molecular complexity index is 1500. The van der Waals surface area contributed by atoms with Crippen LogP contribution in [0.4, 0.5) is 30.5 Å². The van der Waals surface area contributed by atoms with Crippen molar-refractivity contribution in [2.75, 3.05) is 49.3 Å². The highest BCUT2D eigenvalue weighted by Crippen LogP contribution is 2.34. The minimum atomic E-state index is -4.52. The predicted molar refractivity (Wildman–Crippen MR) is 169 cm³/mol. The van der Waals surface area contributed by atoms with E-state index in [1.807, 2.05) is 32.2 Å². The van der Waals surface area contributed by atoms with Gasteiger partial charge in [0, 0.05) is 43.5 Å². The molecule has 3 aromatic rings. The fraction of sp³-hybridized carbons (Fsp3) is 0.333. The number of aromatic nitrogens is 2. The lowest BCUT2D eigenvalue weighted by molar-refractivity contribution is -0.137. The summed E-state index contributed by atoms with van der Waals surface area (Å²) in [4.78, 5) is 18.6. The van der Waals surface area contributed by atoms with E-state index in [0.29, 0.717) is 23.6 Å². The number of halogens is 4. The highest BCUT2D eigenvalue weighted by Gasteiger charge is 2.33. The number of nitrogens with one attached hydrogen (secondary N) is 3. The number of aryl methyl sites for hydroxylation is 1. The molecule has 0 spiro atoms. The summed E-state index contributed by atoms with van der Waals surface area (Å²) in [5.41, 5.74) is 8.55. The Balaban J connectivity index is 0.000000326. The van der Waals surface area contributed by atoms with Gasteiger partial charge in [-0.3, -0.25) is 14.5 Å². The molecule has 1 aliphatic rings. The summed E-state index contributed by atoms with van der Waals surface area (Å²) < 4.78 is 38.9. The second-order valence-electron chi connectivity index (χ2n) is 9.68. The molecule has 0 saturated carbocycles. The summed E-state index contributed by atoms with van der Waals surface area (Å²) in [5.74, 6) is 7.45. The second kappa shape index (κ2) is 15.6. The first-order valence-corrected chi connectivity index (χ1v) is 14.9. The van der Waals surface area contributed by atoms with Crippen LogP contribution in [0.15, 0.2) is 42.7 Å². The van der Waals surface area contributed by atoms with E-state index in [2.05, 4.69) is 43.0 Å². The minimum Gasteiger partial charge on any atom is -0.388 e. The maximum Gasteiger partial charge on any atom is 0.417 e. The van der Waals surface area contributed by atoms with Crippen molar-refractivity contribution < 1.29 is 18.0 Å². The fourth-order valence-corrected chi connectivity index (χ4v) is 5.06. The molecule has 2 heterocycles. The maximum atomic E-state index is 12.2. The van der Waals surface area contributed by atoms with Gasteiger partial charge in [0.25, 0.3) is 0 Å². The monoisotopic (exact) mass is 631 g/mol. The first kappa shape index (κ1) is 33.7. The third kappa shape index (κ3) is 9.61. The lowest BCUT2D eigenvalue weighted by atomic mass is 9.98. The van der Waals surface area contributed by atoms with Crippen molar-refractivity contribution in [2.24, 2.45) is 5.92 Å². The largest absolute Gasteiger partial charge is 0.417 e. The molecule has 13 heteroatoms. The molecule has 4 rings (SSSR count). The Hall–Kier alpha value is -3.79. The van der Waals surface area contributed by atoms with Crippen molar-refractivity contribution >= 4 is 52.9 Å². The minimum absolute atomic E-state index is 0.0447. The number of nitrogen functional groups attached to an aromatic ring is 1. The van der Waals surface area contributed by atoms with Gasteiger partial charge in [-0.2, -0.15) is 13.2 Å². The number of nitrogens with zero attached hydrogens (tertiary/aromatic N) is 3. The van der Waals surface area contributed by atoms with Gasteiger partial charge in [0.05, 0.1) is 16.1 Å².